The monoisotopic (exact) mass is 147 g/mol. The van der Waals surface area contributed by atoms with Crippen molar-refractivity contribution in [1.82, 2.24) is 4.90 Å². The maximum absolute atomic E-state index is 10.6. The Hall–Kier alpha value is -0.480. The van der Waals surface area contributed by atoms with Crippen molar-refractivity contribution in [2.24, 2.45) is 0 Å². The molecule has 0 rings (SSSR count). The van der Waals surface area contributed by atoms with Gasteiger partial charge in [-0.15, -0.1) is 12.6 Å². The zero-order valence-corrected chi connectivity index (χ0v) is 6.01. The fraction of sp³-hybridized carbons (Fsp3) is 0.400. The van der Waals surface area contributed by atoms with Crippen molar-refractivity contribution in [1.29, 1.82) is 0 Å². The summed E-state index contributed by atoms with van der Waals surface area (Å²) in [4.78, 5) is 11.6. The molecule has 1 atom stereocenters. The summed E-state index contributed by atoms with van der Waals surface area (Å²) in [5, 5.41) is 8.64. The lowest BCUT2D eigenvalue weighted by Crippen LogP contribution is -2.31. The normalized spacial score (nSPS) is 12.3. The smallest absolute Gasteiger partial charge is 0.248 e. The first kappa shape index (κ1) is 8.52. The molecule has 0 heterocycles. The molecule has 0 aliphatic heterocycles. The molecule has 1 amide bonds. The van der Waals surface area contributed by atoms with E-state index in [9.17, 15) is 4.79 Å². The Balaban J connectivity index is 3.87. The summed E-state index contributed by atoms with van der Waals surface area (Å²) in [6.45, 7) is 3.23. The molecule has 0 aromatic carbocycles. The van der Waals surface area contributed by atoms with E-state index >= 15 is 0 Å². The molecule has 3 nitrogen and oxygen atoms in total. The Morgan fingerprint density at radius 3 is 2.56 bits per heavy atom. The van der Waals surface area contributed by atoms with Gasteiger partial charge in [0.05, 0.1) is 0 Å². The van der Waals surface area contributed by atoms with Gasteiger partial charge < -0.3 is 10.0 Å². The van der Waals surface area contributed by atoms with Crippen LogP contribution < -0.4 is 0 Å². The van der Waals surface area contributed by atoms with Gasteiger partial charge in [-0.1, -0.05) is 6.58 Å². The van der Waals surface area contributed by atoms with Crippen molar-refractivity contribution >= 4 is 18.5 Å². The molecule has 1 unspecified atom stereocenters. The molecule has 1 N–H and O–H groups in total. The second-order valence-electron chi connectivity index (χ2n) is 1.50. The molecule has 4 heteroatoms. The molecule has 0 aromatic heterocycles. The van der Waals surface area contributed by atoms with Crippen molar-refractivity contribution < 1.29 is 9.90 Å². The van der Waals surface area contributed by atoms with Gasteiger partial charge >= 0.3 is 0 Å². The van der Waals surface area contributed by atoms with Crippen LogP contribution in [0.3, 0.4) is 0 Å². The van der Waals surface area contributed by atoms with Crippen molar-refractivity contribution in [2.75, 3.05) is 7.05 Å². The highest BCUT2D eigenvalue weighted by atomic mass is 32.1. The molecule has 0 bridgehead atoms. The minimum atomic E-state index is -1.05. The maximum atomic E-state index is 10.6. The number of carbonyl (C=O) groups excluding carboxylic acids is 1. The van der Waals surface area contributed by atoms with Crippen LogP contribution in [0.2, 0.25) is 0 Å². The zero-order valence-electron chi connectivity index (χ0n) is 5.11. The molecule has 0 saturated carbocycles. The number of hydrogen-bond acceptors (Lipinski definition) is 3. The van der Waals surface area contributed by atoms with Gasteiger partial charge in [0.1, 0.15) is 0 Å². The van der Waals surface area contributed by atoms with Crippen molar-refractivity contribution in [3.63, 3.8) is 0 Å². The van der Waals surface area contributed by atoms with E-state index < -0.39 is 5.56 Å². The van der Waals surface area contributed by atoms with E-state index in [2.05, 4.69) is 19.2 Å². The van der Waals surface area contributed by atoms with Gasteiger partial charge in [0, 0.05) is 7.05 Å². The Kier molecular flexibility index (Phi) is 3.34. The lowest BCUT2D eigenvalue weighted by atomic mass is 10.5. The van der Waals surface area contributed by atoms with Gasteiger partial charge in [-0.25, -0.2) is 0 Å². The van der Waals surface area contributed by atoms with E-state index in [0.717, 1.165) is 11.0 Å². The summed E-state index contributed by atoms with van der Waals surface area (Å²) in [5.41, 5.74) is -1.05. The number of aliphatic hydroxyl groups excluding tert-OH is 1. The molecule has 0 aromatic rings. The molecular formula is C5H9NO2S. The second kappa shape index (κ2) is 3.53. The maximum Gasteiger partial charge on any atom is 0.248 e. The lowest BCUT2D eigenvalue weighted by molar-refractivity contribution is -0.129. The van der Waals surface area contributed by atoms with E-state index in [0.29, 0.717) is 0 Å². The quantitative estimate of drug-likeness (QED) is 0.323. The van der Waals surface area contributed by atoms with Crippen LogP contribution in [0, 0.1) is 0 Å². The fourth-order valence-electron chi connectivity index (χ4n) is 0.258. The number of aliphatic hydroxyl groups is 1. The highest BCUT2D eigenvalue weighted by Crippen LogP contribution is 1.96. The molecule has 52 valence electrons. The van der Waals surface area contributed by atoms with Crippen molar-refractivity contribution in [2.45, 2.75) is 5.56 Å². The molecule has 0 saturated heterocycles. The molecule has 0 aliphatic carbocycles. The van der Waals surface area contributed by atoms with Crippen LogP contribution in [0.4, 0.5) is 0 Å². The van der Waals surface area contributed by atoms with Gasteiger partial charge in [-0.05, 0) is 6.08 Å². The van der Waals surface area contributed by atoms with Crippen molar-refractivity contribution in [3.8, 4) is 0 Å². The average Bonchev–Trinajstić information content (AvgIpc) is 1.84. The van der Waals surface area contributed by atoms with E-state index in [-0.39, 0.29) is 5.91 Å². The molecule has 0 aliphatic rings. The SMILES string of the molecule is C=CC(=O)N(C)C(O)S. The summed E-state index contributed by atoms with van der Waals surface area (Å²) in [5.74, 6) is -0.350. The summed E-state index contributed by atoms with van der Waals surface area (Å²) >= 11 is 3.60. The summed E-state index contributed by atoms with van der Waals surface area (Å²) < 4.78 is 0. The van der Waals surface area contributed by atoms with E-state index in [1.165, 1.54) is 7.05 Å². The molecular weight excluding hydrogens is 138 g/mol. The molecule has 9 heavy (non-hydrogen) atoms. The van der Waals surface area contributed by atoms with Crippen LogP contribution in [-0.4, -0.2) is 28.5 Å². The van der Waals surface area contributed by atoms with Crippen LogP contribution in [0.1, 0.15) is 0 Å². The van der Waals surface area contributed by atoms with Crippen LogP contribution in [0.25, 0.3) is 0 Å². The minimum absolute atomic E-state index is 0.350. The fourth-order valence-corrected chi connectivity index (χ4v) is 0.372. The number of rotatable bonds is 2. The van der Waals surface area contributed by atoms with Crippen LogP contribution >= 0.6 is 12.6 Å². The van der Waals surface area contributed by atoms with Gasteiger partial charge in [-0.2, -0.15) is 0 Å². The first-order chi connectivity index (χ1) is 4.09. The molecule has 0 spiro atoms. The third kappa shape index (κ3) is 2.53. The summed E-state index contributed by atoms with van der Waals surface area (Å²) in [6, 6.07) is 0. The minimum Gasteiger partial charge on any atom is -0.365 e. The zero-order chi connectivity index (χ0) is 7.44. The molecule has 0 radical (unpaired) electrons. The summed E-state index contributed by atoms with van der Waals surface area (Å²) in [7, 11) is 1.43. The van der Waals surface area contributed by atoms with Gasteiger partial charge in [0.2, 0.25) is 5.91 Å². The van der Waals surface area contributed by atoms with Gasteiger partial charge in [0.25, 0.3) is 0 Å². The van der Waals surface area contributed by atoms with E-state index in [1.54, 1.807) is 0 Å². The van der Waals surface area contributed by atoms with Gasteiger partial charge in [-0.3, -0.25) is 4.79 Å². The number of nitrogens with zero attached hydrogens (tertiary/aromatic N) is 1. The first-order valence-electron chi connectivity index (χ1n) is 2.35. The number of likely N-dealkylation sites (N-methyl/N-ethyl adjacent to an activating group) is 1. The topological polar surface area (TPSA) is 40.5 Å². The number of carbonyl (C=O) groups is 1. The molecule has 0 fully saturated rings. The third-order valence-corrected chi connectivity index (χ3v) is 1.22. The predicted molar refractivity (Wildman–Crippen MR) is 38.0 cm³/mol. The summed E-state index contributed by atoms with van der Waals surface area (Å²) in [6.07, 6.45) is 1.11. The highest BCUT2D eigenvalue weighted by Gasteiger charge is 2.08. The highest BCUT2D eigenvalue weighted by molar-refractivity contribution is 7.80. The lowest BCUT2D eigenvalue weighted by Gasteiger charge is -2.16. The van der Waals surface area contributed by atoms with E-state index in [1.807, 2.05) is 0 Å². The van der Waals surface area contributed by atoms with E-state index in [4.69, 9.17) is 5.11 Å². The standard InChI is InChI=1S/C5H9NO2S/c1-3-4(7)6(2)5(8)9/h3,5,8-9H,1H2,2H3. The second-order valence-corrected chi connectivity index (χ2v) is 1.96. The van der Waals surface area contributed by atoms with Crippen LogP contribution in [0.5, 0.6) is 0 Å². The largest absolute Gasteiger partial charge is 0.365 e. The third-order valence-electron chi connectivity index (χ3n) is 0.869. The Morgan fingerprint density at radius 1 is 2.00 bits per heavy atom. The predicted octanol–water partition coefficient (Wildman–Crippen LogP) is -0.164. The number of thiol groups is 1. The first-order valence-corrected chi connectivity index (χ1v) is 2.86. The Morgan fingerprint density at radius 2 is 2.44 bits per heavy atom. The van der Waals surface area contributed by atoms with Crippen LogP contribution in [0.15, 0.2) is 12.7 Å². The Bertz CT molecular complexity index is 124. The van der Waals surface area contributed by atoms with Crippen LogP contribution in [-0.2, 0) is 4.79 Å². The number of amides is 1. The average molecular weight is 147 g/mol. The Labute approximate surface area is 59.4 Å². The van der Waals surface area contributed by atoms with Crippen molar-refractivity contribution in [3.05, 3.63) is 12.7 Å². The van der Waals surface area contributed by atoms with Gasteiger partial charge in [0.15, 0.2) is 5.56 Å². The number of hydrogen-bond donors (Lipinski definition) is 2.